The third kappa shape index (κ3) is 5.95. The van der Waals surface area contributed by atoms with E-state index in [0.29, 0.717) is 60.0 Å². The molecule has 2 aliphatic carbocycles. The minimum Gasteiger partial charge on any atom is -0.322 e. The maximum atomic E-state index is 16.6. The molecule has 0 aliphatic heterocycles. The molecule has 2 saturated carbocycles. The van der Waals surface area contributed by atoms with Gasteiger partial charge in [-0.1, -0.05) is 37.8 Å². The molecule has 0 spiro atoms. The minimum absolute atomic E-state index is 0.291. The van der Waals surface area contributed by atoms with Crippen molar-refractivity contribution in [1.29, 1.82) is 0 Å². The second-order valence-corrected chi connectivity index (χ2v) is 11.1. The van der Waals surface area contributed by atoms with Crippen LogP contribution in [0.2, 0.25) is 5.02 Å². The van der Waals surface area contributed by atoms with Crippen molar-refractivity contribution in [2.24, 2.45) is 11.8 Å². The topological polar surface area (TPSA) is 89.8 Å². The molecule has 5 rings (SSSR count). The number of hydrogen-bond acceptors (Lipinski definition) is 7. The quantitative estimate of drug-likeness (QED) is 0.209. The van der Waals surface area contributed by atoms with Crippen LogP contribution in [0.5, 0.6) is 0 Å². The van der Waals surface area contributed by atoms with Gasteiger partial charge in [0.2, 0.25) is 0 Å². The first-order chi connectivity index (χ1) is 18.0. The molecule has 3 aromatic rings. The summed E-state index contributed by atoms with van der Waals surface area (Å²) >= 11 is 6.34. The predicted octanol–water partition coefficient (Wildman–Crippen LogP) is 5.70. The maximum absolute atomic E-state index is 16.6. The van der Waals surface area contributed by atoms with Crippen molar-refractivity contribution in [3.63, 3.8) is 0 Å². The SMILES string of the molecule is CNOCNCc1nc(-c2cncc(Cl)c2)c2c(n1)nc(C1(F)CCCCC1)n2CC1CCC(C)CC1. The van der Waals surface area contributed by atoms with Crippen molar-refractivity contribution < 1.29 is 9.23 Å². The Morgan fingerprint density at radius 1 is 1.11 bits per heavy atom. The smallest absolute Gasteiger partial charge is 0.182 e. The molecule has 8 nitrogen and oxygen atoms in total. The Balaban J connectivity index is 1.64. The Bertz CT molecular complexity index is 1200. The van der Waals surface area contributed by atoms with Crippen molar-refractivity contribution >= 4 is 22.8 Å². The summed E-state index contributed by atoms with van der Waals surface area (Å²) in [4.78, 5) is 24.1. The van der Waals surface area contributed by atoms with Gasteiger partial charge in [0.25, 0.3) is 0 Å². The molecular weight excluding hydrogens is 493 g/mol. The first-order valence-electron chi connectivity index (χ1n) is 13.5. The highest BCUT2D eigenvalue weighted by Gasteiger charge is 2.40. The summed E-state index contributed by atoms with van der Waals surface area (Å²) < 4.78 is 18.7. The van der Waals surface area contributed by atoms with Crippen LogP contribution in [0.4, 0.5) is 4.39 Å². The summed E-state index contributed by atoms with van der Waals surface area (Å²) in [7, 11) is 1.70. The molecule has 0 aromatic carbocycles. The number of alkyl halides is 1. The first kappa shape index (κ1) is 26.4. The summed E-state index contributed by atoms with van der Waals surface area (Å²) in [5, 5.41) is 3.68. The zero-order valence-electron chi connectivity index (χ0n) is 21.8. The third-order valence-corrected chi connectivity index (χ3v) is 8.06. The number of nitrogens with one attached hydrogen (secondary N) is 2. The van der Waals surface area contributed by atoms with E-state index in [1.54, 1.807) is 19.4 Å². The van der Waals surface area contributed by atoms with Gasteiger partial charge in [-0.25, -0.2) is 24.8 Å². The number of halogens is 2. The number of hydrogen-bond donors (Lipinski definition) is 2. The third-order valence-electron chi connectivity index (χ3n) is 7.85. The zero-order valence-corrected chi connectivity index (χ0v) is 22.5. The van der Waals surface area contributed by atoms with Crippen molar-refractivity contribution in [2.75, 3.05) is 13.8 Å². The number of rotatable bonds is 9. The van der Waals surface area contributed by atoms with Crippen molar-refractivity contribution in [1.82, 2.24) is 35.3 Å². The molecule has 0 bridgehead atoms. The van der Waals surface area contributed by atoms with Crippen LogP contribution in [0.3, 0.4) is 0 Å². The molecule has 3 heterocycles. The lowest BCUT2D eigenvalue weighted by molar-refractivity contribution is 0.0430. The lowest BCUT2D eigenvalue weighted by Gasteiger charge is -2.32. The average Bonchev–Trinajstić information content (AvgIpc) is 3.27. The van der Waals surface area contributed by atoms with E-state index in [2.05, 4.69) is 27.3 Å². The Morgan fingerprint density at radius 2 is 1.89 bits per heavy atom. The lowest BCUT2D eigenvalue weighted by atomic mass is 9.82. The second-order valence-electron chi connectivity index (χ2n) is 10.7. The van der Waals surface area contributed by atoms with E-state index < -0.39 is 5.67 Å². The number of pyridine rings is 1. The molecule has 0 atom stereocenters. The number of imidazole rings is 1. The van der Waals surface area contributed by atoms with Gasteiger partial charge < -0.3 is 4.57 Å². The van der Waals surface area contributed by atoms with Crippen molar-refractivity contribution in [2.45, 2.75) is 83.5 Å². The van der Waals surface area contributed by atoms with E-state index in [1.807, 2.05) is 6.07 Å². The van der Waals surface area contributed by atoms with E-state index in [1.165, 1.54) is 12.8 Å². The fraction of sp³-hybridized carbons (Fsp3) is 0.630. The van der Waals surface area contributed by atoms with Gasteiger partial charge in [0.1, 0.15) is 29.6 Å². The minimum atomic E-state index is -1.45. The van der Waals surface area contributed by atoms with Gasteiger partial charge >= 0.3 is 0 Å². The number of hydroxylamine groups is 1. The zero-order chi connectivity index (χ0) is 25.8. The second kappa shape index (κ2) is 11.7. The van der Waals surface area contributed by atoms with Crippen LogP contribution < -0.4 is 10.8 Å². The predicted molar refractivity (Wildman–Crippen MR) is 142 cm³/mol. The molecule has 0 amide bonds. The monoisotopic (exact) mass is 529 g/mol. The Kier molecular flexibility index (Phi) is 8.34. The van der Waals surface area contributed by atoms with Gasteiger partial charge in [-0.3, -0.25) is 15.1 Å². The summed E-state index contributed by atoms with van der Waals surface area (Å²) in [6.45, 7) is 3.71. The van der Waals surface area contributed by atoms with Crippen molar-refractivity contribution in [3.8, 4) is 11.3 Å². The van der Waals surface area contributed by atoms with Gasteiger partial charge in [-0.2, -0.15) is 0 Å². The molecule has 3 aromatic heterocycles. The summed E-state index contributed by atoms with van der Waals surface area (Å²) in [5.41, 5.74) is 3.94. The van der Waals surface area contributed by atoms with E-state index in [9.17, 15) is 0 Å². The Labute approximate surface area is 222 Å². The summed E-state index contributed by atoms with van der Waals surface area (Å²) in [6, 6.07) is 1.85. The Morgan fingerprint density at radius 3 is 2.62 bits per heavy atom. The van der Waals surface area contributed by atoms with Crippen LogP contribution in [0.15, 0.2) is 18.5 Å². The van der Waals surface area contributed by atoms with E-state index in [-0.39, 0.29) is 0 Å². The molecular formula is C27H37ClFN7O. The van der Waals surface area contributed by atoms with E-state index in [0.717, 1.165) is 55.6 Å². The highest BCUT2D eigenvalue weighted by atomic mass is 35.5. The standard InChI is InChI=1S/C27H37ClFN7O/c1-18-6-8-19(9-7-18)16-36-24-23(20-12-21(28)14-31-13-20)33-22(15-32-17-37-30-2)34-25(24)35-26(36)27(29)10-4-3-5-11-27/h12-14,18-19,30,32H,3-11,15-17H2,1-2H3. The first-order valence-corrected chi connectivity index (χ1v) is 13.9. The largest absolute Gasteiger partial charge is 0.322 e. The number of nitrogens with zero attached hydrogens (tertiary/aromatic N) is 5. The summed E-state index contributed by atoms with van der Waals surface area (Å²) in [6.07, 6.45) is 11.9. The normalized spacial score (nSPS) is 21.9. The molecule has 0 saturated heterocycles. The van der Waals surface area contributed by atoms with Crippen LogP contribution in [0.25, 0.3) is 22.4 Å². The Hall–Kier alpha value is -2.20. The molecule has 2 aliphatic rings. The molecule has 2 fully saturated rings. The maximum Gasteiger partial charge on any atom is 0.182 e. The average molecular weight is 530 g/mol. The summed E-state index contributed by atoms with van der Waals surface area (Å²) in [5.74, 6) is 2.29. The highest BCUT2D eigenvalue weighted by molar-refractivity contribution is 6.30. The molecule has 2 N–H and O–H groups in total. The van der Waals surface area contributed by atoms with Gasteiger partial charge in [-0.05, 0) is 56.4 Å². The van der Waals surface area contributed by atoms with Crippen LogP contribution in [0.1, 0.15) is 76.4 Å². The van der Waals surface area contributed by atoms with Crippen LogP contribution in [0, 0.1) is 11.8 Å². The van der Waals surface area contributed by atoms with Gasteiger partial charge in [0.15, 0.2) is 11.3 Å². The van der Waals surface area contributed by atoms with Crippen molar-refractivity contribution in [3.05, 3.63) is 35.1 Å². The van der Waals surface area contributed by atoms with E-state index in [4.69, 9.17) is 31.4 Å². The molecule has 0 radical (unpaired) electrons. The molecule has 200 valence electrons. The van der Waals surface area contributed by atoms with Crippen LogP contribution in [-0.4, -0.2) is 38.3 Å². The number of fused-ring (bicyclic) bond motifs is 1. The van der Waals surface area contributed by atoms with Gasteiger partial charge in [-0.15, -0.1) is 0 Å². The fourth-order valence-corrected chi connectivity index (χ4v) is 5.99. The van der Waals surface area contributed by atoms with Crippen LogP contribution >= 0.6 is 11.6 Å². The van der Waals surface area contributed by atoms with Gasteiger partial charge in [0, 0.05) is 31.5 Å². The van der Waals surface area contributed by atoms with Gasteiger partial charge in [0.05, 0.1) is 11.6 Å². The number of aromatic nitrogens is 5. The molecule has 37 heavy (non-hydrogen) atoms. The molecule has 10 heteroatoms. The van der Waals surface area contributed by atoms with Crippen LogP contribution in [-0.2, 0) is 23.6 Å². The lowest BCUT2D eigenvalue weighted by Crippen LogP contribution is -2.29. The van der Waals surface area contributed by atoms with E-state index >= 15 is 4.39 Å². The fourth-order valence-electron chi connectivity index (χ4n) is 5.81. The highest BCUT2D eigenvalue weighted by Crippen LogP contribution is 2.43. The molecule has 0 unspecified atom stereocenters.